The molecule has 1 heterocycles. The van der Waals surface area contributed by atoms with Gasteiger partial charge in [0.1, 0.15) is 17.9 Å². The summed E-state index contributed by atoms with van der Waals surface area (Å²) in [4.78, 5) is 0. The summed E-state index contributed by atoms with van der Waals surface area (Å²) >= 11 is 0. The largest absolute Gasteiger partial charge is 0.485 e. The van der Waals surface area contributed by atoms with Gasteiger partial charge >= 0.3 is 6.11 Å². The minimum absolute atomic E-state index is 0.142. The van der Waals surface area contributed by atoms with Crippen molar-refractivity contribution in [3.05, 3.63) is 58.9 Å². The Hall–Kier alpha value is -2.53. The van der Waals surface area contributed by atoms with Crippen LogP contribution >= 0.6 is 0 Å². The quantitative estimate of drug-likeness (QED) is 0.473. The van der Waals surface area contributed by atoms with Gasteiger partial charge in [-0.2, -0.15) is 13.2 Å². The van der Waals surface area contributed by atoms with Crippen LogP contribution in [0.15, 0.2) is 24.3 Å². The molecule has 0 unspecified atom stereocenters. The van der Waals surface area contributed by atoms with Crippen molar-refractivity contribution < 1.29 is 49.7 Å². The third-order valence-electron chi connectivity index (χ3n) is 4.07. The number of alkyl halides is 2. The Labute approximate surface area is 166 Å². The van der Waals surface area contributed by atoms with Crippen molar-refractivity contribution in [1.29, 1.82) is 0 Å². The number of ether oxygens (including phenoxy) is 4. The number of rotatable bonds is 6. The Balaban J connectivity index is 1.75. The Bertz CT molecular complexity index is 891. The van der Waals surface area contributed by atoms with Crippen LogP contribution in [0.2, 0.25) is 0 Å². The van der Waals surface area contributed by atoms with Gasteiger partial charge in [0.15, 0.2) is 35.3 Å². The zero-order valence-corrected chi connectivity index (χ0v) is 15.4. The molecular formula is C19H15F7O4. The average Bonchev–Trinajstić information content (AvgIpc) is 2.68. The van der Waals surface area contributed by atoms with Crippen LogP contribution in [0.5, 0.6) is 11.5 Å². The van der Waals surface area contributed by atoms with Gasteiger partial charge in [-0.05, 0) is 12.1 Å². The molecule has 2 aromatic carbocycles. The monoisotopic (exact) mass is 440 g/mol. The minimum Gasteiger partial charge on any atom is -0.485 e. The van der Waals surface area contributed by atoms with E-state index in [-0.39, 0.29) is 24.7 Å². The third kappa shape index (κ3) is 4.78. The molecule has 0 atom stereocenters. The van der Waals surface area contributed by atoms with E-state index in [1.54, 1.807) is 0 Å². The standard InChI is InChI=1S/C19H15F7O4/c1-9-6-28-15(29-7-9)8-27-14-3-2-11(16(22)18(14)24)19(25,26)30-10-4-12(20)17(23)13(21)5-10/h2-5,9,15H,6-8H2,1H3. The molecule has 1 fully saturated rings. The highest BCUT2D eigenvalue weighted by Crippen LogP contribution is 2.36. The van der Waals surface area contributed by atoms with Gasteiger partial charge in [0.05, 0.1) is 13.2 Å². The van der Waals surface area contributed by atoms with Crippen molar-refractivity contribution in [2.75, 3.05) is 19.8 Å². The van der Waals surface area contributed by atoms with Crippen molar-refractivity contribution in [2.24, 2.45) is 5.92 Å². The van der Waals surface area contributed by atoms with E-state index in [9.17, 15) is 30.7 Å². The molecule has 3 rings (SSSR count). The summed E-state index contributed by atoms with van der Waals surface area (Å²) in [6.45, 7) is 2.31. The summed E-state index contributed by atoms with van der Waals surface area (Å²) in [5, 5.41) is 0. The summed E-state index contributed by atoms with van der Waals surface area (Å²) in [5.74, 6) is -10.9. The molecule has 0 radical (unpaired) electrons. The lowest BCUT2D eigenvalue weighted by atomic mass is 10.1. The van der Waals surface area contributed by atoms with E-state index in [4.69, 9.17) is 14.2 Å². The molecule has 0 saturated carbocycles. The van der Waals surface area contributed by atoms with E-state index in [2.05, 4.69) is 4.74 Å². The molecule has 0 N–H and O–H groups in total. The molecular weight excluding hydrogens is 425 g/mol. The first-order chi connectivity index (χ1) is 14.1. The van der Waals surface area contributed by atoms with Crippen molar-refractivity contribution in [1.82, 2.24) is 0 Å². The van der Waals surface area contributed by atoms with Crippen LogP contribution in [0, 0.1) is 35.0 Å². The van der Waals surface area contributed by atoms with E-state index in [1.165, 1.54) is 0 Å². The second-order valence-electron chi connectivity index (χ2n) is 6.57. The molecule has 0 aliphatic carbocycles. The average molecular weight is 440 g/mol. The number of hydrogen-bond acceptors (Lipinski definition) is 4. The molecule has 0 amide bonds. The van der Waals surface area contributed by atoms with Gasteiger partial charge in [0.2, 0.25) is 5.82 Å². The maximum absolute atomic E-state index is 14.2. The van der Waals surface area contributed by atoms with Gasteiger partial charge in [0, 0.05) is 18.1 Å². The molecule has 30 heavy (non-hydrogen) atoms. The zero-order valence-electron chi connectivity index (χ0n) is 15.4. The zero-order chi connectivity index (χ0) is 22.1. The Morgan fingerprint density at radius 3 is 2.13 bits per heavy atom. The van der Waals surface area contributed by atoms with Gasteiger partial charge < -0.3 is 18.9 Å². The summed E-state index contributed by atoms with van der Waals surface area (Å²) < 4.78 is 116. The number of halogens is 7. The van der Waals surface area contributed by atoms with Crippen LogP contribution in [-0.2, 0) is 15.6 Å². The first-order valence-corrected chi connectivity index (χ1v) is 8.64. The Kier molecular flexibility index (Phi) is 6.41. The van der Waals surface area contributed by atoms with E-state index < -0.39 is 58.5 Å². The lowest BCUT2D eigenvalue weighted by Crippen LogP contribution is -2.34. The van der Waals surface area contributed by atoms with Gasteiger partial charge in [-0.15, -0.1) is 0 Å². The predicted octanol–water partition coefficient (Wildman–Crippen LogP) is 4.90. The third-order valence-corrected chi connectivity index (χ3v) is 4.07. The molecule has 2 aromatic rings. The highest BCUT2D eigenvalue weighted by Gasteiger charge is 2.40. The molecule has 1 saturated heterocycles. The van der Waals surface area contributed by atoms with Gasteiger partial charge in [0.25, 0.3) is 0 Å². The van der Waals surface area contributed by atoms with Crippen molar-refractivity contribution in [2.45, 2.75) is 19.3 Å². The van der Waals surface area contributed by atoms with Crippen molar-refractivity contribution >= 4 is 0 Å². The summed E-state index contributed by atoms with van der Waals surface area (Å²) in [6.07, 6.45) is -5.37. The van der Waals surface area contributed by atoms with Gasteiger partial charge in [-0.25, -0.2) is 17.6 Å². The maximum Gasteiger partial charge on any atom is 0.429 e. The molecule has 0 aromatic heterocycles. The normalized spacial score (nSPS) is 19.6. The van der Waals surface area contributed by atoms with Gasteiger partial charge in [-0.1, -0.05) is 6.92 Å². The SMILES string of the molecule is CC1COC(COc2ccc(C(F)(F)Oc3cc(F)c(F)c(F)c3)c(F)c2F)OC1. The van der Waals surface area contributed by atoms with Crippen LogP contribution in [-0.4, -0.2) is 26.1 Å². The highest BCUT2D eigenvalue weighted by atomic mass is 19.3. The molecule has 1 aliphatic rings. The van der Waals surface area contributed by atoms with E-state index >= 15 is 0 Å². The highest BCUT2D eigenvalue weighted by molar-refractivity contribution is 5.34. The molecule has 0 spiro atoms. The minimum atomic E-state index is -4.54. The number of benzene rings is 2. The fraction of sp³-hybridized carbons (Fsp3) is 0.368. The topological polar surface area (TPSA) is 36.9 Å². The molecule has 1 aliphatic heterocycles. The smallest absolute Gasteiger partial charge is 0.429 e. The summed E-state index contributed by atoms with van der Waals surface area (Å²) in [5.41, 5.74) is -1.56. The maximum atomic E-state index is 14.2. The van der Waals surface area contributed by atoms with Crippen LogP contribution in [0.3, 0.4) is 0 Å². The Morgan fingerprint density at radius 1 is 0.933 bits per heavy atom. The van der Waals surface area contributed by atoms with E-state index in [0.717, 1.165) is 6.07 Å². The van der Waals surface area contributed by atoms with Gasteiger partial charge in [-0.3, -0.25) is 0 Å². The second-order valence-corrected chi connectivity index (χ2v) is 6.57. The first-order valence-electron chi connectivity index (χ1n) is 8.64. The number of hydrogen-bond donors (Lipinski definition) is 0. The molecule has 11 heteroatoms. The van der Waals surface area contributed by atoms with Crippen LogP contribution < -0.4 is 9.47 Å². The fourth-order valence-corrected chi connectivity index (χ4v) is 2.56. The van der Waals surface area contributed by atoms with Crippen LogP contribution in [0.1, 0.15) is 12.5 Å². The van der Waals surface area contributed by atoms with Crippen molar-refractivity contribution in [3.63, 3.8) is 0 Å². The molecule has 164 valence electrons. The van der Waals surface area contributed by atoms with Crippen LogP contribution in [0.25, 0.3) is 0 Å². The first kappa shape index (κ1) is 22.2. The van der Waals surface area contributed by atoms with E-state index in [0.29, 0.717) is 19.3 Å². The summed E-state index contributed by atoms with van der Waals surface area (Å²) in [7, 11) is 0. The van der Waals surface area contributed by atoms with Crippen LogP contribution in [0.4, 0.5) is 30.7 Å². The second kappa shape index (κ2) is 8.68. The Morgan fingerprint density at radius 2 is 1.53 bits per heavy atom. The lowest BCUT2D eigenvalue weighted by Gasteiger charge is -2.27. The molecule has 4 nitrogen and oxygen atoms in total. The van der Waals surface area contributed by atoms with E-state index in [1.807, 2.05) is 6.92 Å². The fourth-order valence-electron chi connectivity index (χ4n) is 2.56. The predicted molar refractivity (Wildman–Crippen MR) is 87.5 cm³/mol. The van der Waals surface area contributed by atoms with Crippen molar-refractivity contribution in [3.8, 4) is 11.5 Å². The lowest BCUT2D eigenvalue weighted by molar-refractivity contribution is -0.208. The molecule has 0 bridgehead atoms. The summed E-state index contributed by atoms with van der Waals surface area (Å²) in [6, 6.07) is 1.49.